The van der Waals surface area contributed by atoms with Gasteiger partial charge in [-0.15, -0.1) is 0 Å². The second-order valence-electron chi connectivity index (χ2n) is 5.17. The van der Waals surface area contributed by atoms with Gasteiger partial charge >= 0.3 is 0 Å². The van der Waals surface area contributed by atoms with Crippen LogP contribution in [0.2, 0.25) is 0 Å². The number of nitrogens with one attached hydrogen (secondary N) is 1. The number of benzene rings is 1. The Balaban J connectivity index is 2.02. The van der Waals surface area contributed by atoms with Crippen molar-refractivity contribution in [3.05, 3.63) is 53.2 Å². The van der Waals surface area contributed by atoms with E-state index in [9.17, 15) is 4.79 Å². The number of nitrogens with zero attached hydrogens (tertiary/aromatic N) is 3. The summed E-state index contributed by atoms with van der Waals surface area (Å²) in [4.78, 5) is 18.1. The van der Waals surface area contributed by atoms with Gasteiger partial charge in [0, 0.05) is 18.9 Å². The molecule has 1 aromatic carbocycles. The monoisotopic (exact) mass is 294 g/mol. The molecule has 0 atom stereocenters. The third-order valence-electron chi connectivity index (χ3n) is 3.53. The van der Waals surface area contributed by atoms with E-state index >= 15 is 0 Å². The Morgan fingerprint density at radius 3 is 2.73 bits per heavy atom. The third-order valence-corrected chi connectivity index (χ3v) is 3.53. The van der Waals surface area contributed by atoms with Gasteiger partial charge in [0.05, 0.1) is 12.1 Å². The molecule has 0 spiro atoms. The van der Waals surface area contributed by atoms with Gasteiger partial charge in [-0.1, -0.05) is 12.1 Å². The number of rotatable bonds is 4. The SMILES string of the molecule is Cc1cccc(NC(=O)CN(C)c2ccc(C#N)cn2)c1C. The van der Waals surface area contributed by atoms with Gasteiger partial charge in [0.25, 0.3) is 0 Å². The maximum Gasteiger partial charge on any atom is 0.243 e. The minimum Gasteiger partial charge on any atom is -0.350 e. The van der Waals surface area contributed by atoms with Gasteiger partial charge in [0.15, 0.2) is 0 Å². The first-order chi connectivity index (χ1) is 10.5. The Kier molecular flexibility index (Phi) is 4.74. The summed E-state index contributed by atoms with van der Waals surface area (Å²) < 4.78 is 0. The van der Waals surface area contributed by atoms with E-state index in [2.05, 4.69) is 10.3 Å². The minimum atomic E-state index is -0.109. The molecular formula is C17H18N4O. The molecule has 1 amide bonds. The van der Waals surface area contributed by atoms with Gasteiger partial charge in [-0.3, -0.25) is 4.79 Å². The zero-order valence-electron chi connectivity index (χ0n) is 12.9. The van der Waals surface area contributed by atoms with Crippen molar-refractivity contribution in [2.45, 2.75) is 13.8 Å². The Morgan fingerprint density at radius 2 is 2.09 bits per heavy atom. The Morgan fingerprint density at radius 1 is 1.32 bits per heavy atom. The molecule has 0 saturated carbocycles. The highest BCUT2D eigenvalue weighted by molar-refractivity contribution is 5.94. The third kappa shape index (κ3) is 3.61. The summed E-state index contributed by atoms with van der Waals surface area (Å²) in [7, 11) is 1.79. The maximum absolute atomic E-state index is 12.1. The molecule has 0 bridgehead atoms. The predicted octanol–water partition coefficient (Wildman–Crippen LogP) is 2.65. The van der Waals surface area contributed by atoms with Crippen molar-refractivity contribution < 1.29 is 4.79 Å². The molecule has 0 aliphatic rings. The molecule has 0 radical (unpaired) electrons. The molecule has 0 saturated heterocycles. The molecule has 2 rings (SSSR count). The number of aryl methyl sites for hydroxylation is 1. The lowest BCUT2D eigenvalue weighted by atomic mass is 10.1. The minimum absolute atomic E-state index is 0.109. The van der Waals surface area contributed by atoms with Gasteiger partial charge in [-0.25, -0.2) is 4.98 Å². The molecule has 5 heteroatoms. The zero-order valence-corrected chi connectivity index (χ0v) is 12.9. The van der Waals surface area contributed by atoms with Crippen molar-refractivity contribution in [1.82, 2.24) is 4.98 Å². The number of hydrogen-bond donors (Lipinski definition) is 1. The number of amides is 1. The molecule has 1 aromatic heterocycles. The highest BCUT2D eigenvalue weighted by Crippen LogP contribution is 2.18. The molecule has 0 aliphatic heterocycles. The van der Waals surface area contributed by atoms with E-state index in [1.807, 2.05) is 38.1 Å². The Labute approximate surface area is 130 Å². The van der Waals surface area contributed by atoms with Crippen LogP contribution in [0.1, 0.15) is 16.7 Å². The number of likely N-dealkylation sites (N-methyl/N-ethyl adjacent to an activating group) is 1. The van der Waals surface area contributed by atoms with Crippen LogP contribution in [0.4, 0.5) is 11.5 Å². The summed E-state index contributed by atoms with van der Waals surface area (Å²) >= 11 is 0. The molecule has 0 fully saturated rings. The zero-order chi connectivity index (χ0) is 16.1. The molecule has 2 aromatic rings. The van der Waals surface area contributed by atoms with Crippen LogP contribution in [-0.2, 0) is 4.79 Å². The fourth-order valence-electron chi connectivity index (χ4n) is 2.05. The van der Waals surface area contributed by atoms with Crippen molar-refractivity contribution >= 4 is 17.4 Å². The largest absolute Gasteiger partial charge is 0.350 e. The van der Waals surface area contributed by atoms with Crippen LogP contribution in [0.5, 0.6) is 0 Å². The van der Waals surface area contributed by atoms with E-state index < -0.39 is 0 Å². The number of hydrogen-bond acceptors (Lipinski definition) is 4. The number of carbonyl (C=O) groups excluding carboxylic acids is 1. The highest BCUT2D eigenvalue weighted by Gasteiger charge is 2.10. The van der Waals surface area contributed by atoms with E-state index in [1.165, 1.54) is 6.20 Å². The first-order valence-electron chi connectivity index (χ1n) is 6.94. The molecule has 1 heterocycles. The second-order valence-corrected chi connectivity index (χ2v) is 5.17. The normalized spacial score (nSPS) is 9.91. The smallest absolute Gasteiger partial charge is 0.243 e. The Hall–Kier alpha value is -2.87. The fraction of sp³-hybridized carbons (Fsp3) is 0.235. The highest BCUT2D eigenvalue weighted by atomic mass is 16.2. The summed E-state index contributed by atoms with van der Waals surface area (Å²) in [5.74, 6) is 0.539. The van der Waals surface area contributed by atoms with Gasteiger partial charge in [0.2, 0.25) is 5.91 Å². The molecule has 5 nitrogen and oxygen atoms in total. The average Bonchev–Trinajstić information content (AvgIpc) is 2.52. The summed E-state index contributed by atoms with van der Waals surface area (Å²) in [6.07, 6.45) is 1.49. The summed E-state index contributed by atoms with van der Waals surface area (Å²) in [5.41, 5.74) is 3.53. The number of anilines is 2. The van der Waals surface area contributed by atoms with Gasteiger partial charge in [0.1, 0.15) is 11.9 Å². The van der Waals surface area contributed by atoms with Gasteiger partial charge < -0.3 is 10.2 Å². The fourth-order valence-corrected chi connectivity index (χ4v) is 2.05. The maximum atomic E-state index is 12.1. The number of carbonyl (C=O) groups is 1. The van der Waals surface area contributed by atoms with E-state index in [0.29, 0.717) is 11.4 Å². The Bertz CT molecular complexity index is 716. The lowest BCUT2D eigenvalue weighted by molar-refractivity contribution is -0.114. The van der Waals surface area contributed by atoms with Gasteiger partial charge in [-0.2, -0.15) is 5.26 Å². The van der Waals surface area contributed by atoms with Crippen LogP contribution in [-0.4, -0.2) is 24.5 Å². The molecular weight excluding hydrogens is 276 g/mol. The number of aromatic nitrogens is 1. The first kappa shape index (κ1) is 15.5. The van der Waals surface area contributed by atoms with Crippen LogP contribution >= 0.6 is 0 Å². The summed E-state index contributed by atoms with van der Waals surface area (Å²) in [5, 5.41) is 11.7. The van der Waals surface area contributed by atoms with E-state index in [-0.39, 0.29) is 12.5 Å². The van der Waals surface area contributed by atoms with Crippen molar-refractivity contribution in [3.8, 4) is 6.07 Å². The van der Waals surface area contributed by atoms with E-state index in [4.69, 9.17) is 5.26 Å². The molecule has 1 N–H and O–H groups in total. The van der Waals surface area contributed by atoms with Gasteiger partial charge in [-0.05, 0) is 43.2 Å². The number of nitriles is 1. The van der Waals surface area contributed by atoms with Crippen molar-refractivity contribution in [3.63, 3.8) is 0 Å². The van der Waals surface area contributed by atoms with Crippen LogP contribution in [0, 0.1) is 25.2 Å². The van der Waals surface area contributed by atoms with Crippen molar-refractivity contribution in [1.29, 1.82) is 5.26 Å². The standard InChI is InChI=1S/C17H18N4O/c1-12-5-4-6-15(13(12)2)20-17(22)11-21(3)16-8-7-14(9-18)10-19-16/h4-8,10H,11H2,1-3H3,(H,20,22). The quantitative estimate of drug-likeness (QED) is 0.941. The van der Waals surface area contributed by atoms with Crippen LogP contribution in [0.15, 0.2) is 36.5 Å². The first-order valence-corrected chi connectivity index (χ1v) is 6.94. The lowest BCUT2D eigenvalue weighted by Crippen LogP contribution is -2.30. The van der Waals surface area contributed by atoms with Crippen LogP contribution in [0.3, 0.4) is 0 Å². The molecule has 112 valence electrons. The second kappa shape index (κ2) is 6.72. The lowest BCUT2D eigenvalue weighted by Gasteiger charge is -2.18. The molecule has 0 unspecified atom stereocenters. The molecule has 22 heavy (non-hydrogen) atoms. The topological polar surface area (TPSA) is 69.0 Å². The van der Waals surface area contributed by atoms with Crippen molar-refractivity contribution in [2.75, 3.05) is 23.8 Å². The average molecular weight is 294 g/mol. The predicted molar refractivity (Wildman–Crippen MR) is 86.8 cm³/mol. The van der Waals surface area contributed by atoms with E-state index in [1.54, 1.807) is 24.1 Å². The molecule has 0 aliphatic carbocycles. The number of pyridine rings is 1. The van der Waals surface area contributed by atoms with Crippen LogP contribution in [0.25, 0.3) is 0 Å². The summed E-state index contributed by atoms with van der Waals surface area (Å²) in [6, 6.07) is 11.2. The summed E-state index contributed by atoms with van der Waals surface area (Å²) in [6.45, 7) is 4.18. The van der Waals surface area contributed by atoms with Crippen LogP contribution < -0.4 is 10.2 Å². The van der Waals surface area contributed by atoms with Crippen molar-refractivity contribution in [2.24, 2.45) is 0 Å². The van der Waals surface area contributed by atoms with E-state index in [0.717, 1.165) is 16.8 Å².